The summed E-state index contributed by atoms with van der Waals surface area (Å²) >= 11 is 5.90. The molecule has 0 N–H and O–H groups in total. The van der Waals surface area contributed by atoms with Gasteiger partial charge >= 0.3 is 0 Å². The number of aromatic nitrogens is 2. The summed E-state index contributed by atoms with van der Waals surface area (Å²) in [5.41, 5.74) is -0.102. The average Bonchev–Trinajstić information content (AvgIpc) is 2.57. The highest BCUT2D eigenvalue weighted by Crippen LogP contribution is 2.23. The Hall–Kier alpha value is -0.540. The van der Waals surface area contributed by atoms with Gasteiger partial charge in [-0.25, -0.2) is 0 Å². The van der Waals surface area contributed by atoms with Crippen LogP contribution in [0.3, 0.4) is 0 Å². The molecule has 3 nitrogen and oxygen atoms in total. The Morgan fingerprint density at radius 3 is 3.23 bits per heavy atom. The van der Waals surface area contributed by atoms with E-state index in [1.165, 1.54) is 0 Å². The van der Waals surface area contributed by atoms with Crippen LogP contribution in [0.2, 0.25) is 0 Å². The molecule has 0 saturated carbocycles. The van der Waals surface area contributed by atoms with Gasteiger partial charge in [-0.3, -0.25) is 4.68 Å². The summed E-state index contributed by atoms with van der Waals surface area (Å²) in [6.07, 6.45) is 5.81. The van der Waals surface area contributed by atoms with E-state index in [2.05, 4.69) is 5.10 Å². The Balaban J connectivity index is 1.87. The molecule has 2 heterocycles. The normalized spacial score (nSPS) is 29.0. The van der Waals surface area contributed by atoms with Gasteiger partial charge in [0.1, 0.15) is 5.56 Å². The zero-order chi connectivity index (χ0) is 9.10. The van der Waals surface area contributed by atoms with Crippen molar-refractivity contribution in [1.82, 2.24) is 9.78 Å². The first kappa shape index (κ1) is 9.03. The number of nitrogens with zero attached hydrogens (tertiary/aromatic N) is 2. The first-order chi connectivity index (χ1) is 6.34. The van der Waals surface area contributed by atoms with E-state index in [1.807, 2.05) is 16.9 Å². The molecule has 4 heteroatoms. The number of hydrogen-bond acceptors (Lipinski definition) is 2. The minimum atomic E-state index is -0.102. The lowest BCUT2D eigenvalue weighted by molar-refractivity contribution is 0.0339. The van der Waals surface area contributed by atoms with Crippen LogP contribution in [0.15, 0.2) is 18.5 Å². The maximum atomic E-state index is 5.90. The molecule has 72 valence electrons. The molecule has 1 fully saturated rings. The second-order valence-corrected chi connectivity index (χ2v) is 3.89. The van der Waals surface area contributed by atoms with Crippen molar-refractivity contribution in [2.24, 2.45) is 5.92 Å². The molecule has 1 aliphatic rings. The van der Waals surface area contributed by atoms with Crippen molar-refractivity contribution in [3.05, 3.63) is 18.5 Å². The molecule has 2 atom stereocenters. The Bertz CT molecular complexity index is 250. The van der Waals surface area contributed by atoms with E-state index in [-0.39, 0.29) is 5.56 Å². The highest BCUT2D eigenvalue weighted by molar-refractivity contribution is 6.19. The Labute approximate surface area is 82.6 Å². The SMILES string of the molecule is ClC1CC(Cn2cccn2)CCO1. The van der Waals surface area contributed by atoms with Gasteiger partial charge in [0.05, 0.1) is 0 Å². The molecule has 0 aromatic carbocycles. The van der Waals surface area contributed by atoms with Gasteiger partial charge in [0.2, 0.25) is 0 Å². The molecular weight excluding hydrogens is 188 g/mol. The molecule has 13 heavy (non-hydrogen) atoms. The lowest BCUT2D eigenvalue weighted by atomic mass is 10.0. The minimum absolute atomic E-state index is 0.102. The molecule has 0 spiro atoms. The van der Waals surface area contributed by atoms with Crippen molar-refractivity contribution >= 4 is 11.6 Å². The third-order valence-electron chi connectivity index (χ3n) is 2.35. The summed E-state index contributed by atoms with van der Waals surface area (Å²) in [5, 5.41) is 4.17. The summed E-state index contributed by atoms with van der Waals surface area (Å²) in [6, 6.07) is 1.94. The number of alkyl halides is 1. The molecular formula is C9H13ClN2O. The number of rotatable bonds is 2. The van der Waals surface area contributed by atoms with E-state index in [0.717, 1.165) is 26.0 Å². The van der Waals surface area contributed by atoms with Crippen LogP contribution in [0.25, 0.3) is 0 Å². The largest absolute Gasteiger partial charge is 0.362 e. The van der Waals surface area contributed by atoms with Gasteiger partial charge in [0.25, 0.3) is 0 Å². The second kappa shape index (κ2) is 4.11. The first-order valence-electron chi connectivity index (χ1n) is 4.57. The molecule has 1 saturated heterocycles. The van der Waals surface area contributed by atoms with Gasteiger partial charge in [-0.05, 0) is 24.8 Å². The van der Waals surface area contributed by atoms with Crippen molar-refractivity contribution < 1.29 is 4.74 Å². The van der Waals surface area contributed by atoms with Gasteiger partial charge in [-0.2, -0.15) is 5.10 Å². The second-order valence-electron chi connectivity index (χ2n) is 3.40. The lowest BCUT2D eigenvalue weighted by Gasteiger charge is -2.25. The summed E-state index contributed by atoms with van der Waals surface area (Å²) in [4.78, 5) is 0. The van der Waals surface area contributed by atoms with Crippen LogP contribution in [-0.4, -0.2) is 22.0 Å². The van der Waals surface area contributed by atoms with Crippen molar-refractivity contribution in [1.29, 1.82) is 0 Å². The predicted octanol–water partition coefficient (Wildman–Crippen LogP) is 1.87. The minimum Gasteiger partial charge on any atom is -0.362 e. The monoisotopic (exact) mass is 200 g/mol. The molecule has 2 unspecified atom stereocenters. The van der Waals surface area contributed by atoms with Crippen LogP contribution in [0.1, 0.15) is 12.8 Å². The zero-order valence-corrected chi connectivity index (χ0v) is 8.15. The topological polar surface area (TPSA) is 27.1 Å². The van der Waals surface area contributed by atoms with E-state index in [0.29, 0.717) is 5.92 Å². The Morgan fingerprint density at radius 1 is 1.62 bits per heavy atom. The average molecular weight is 201 g/mol. The molecule has 0 radical (unpaired) electrons. The van der Waals surface area contributed by atoms with E-state index in [1.54, 1.807) is 6.20 Å². The maximum Gasteiger partial charge on any atom is 0.131 e. The number of hydrogen-bond donors (Lipinski definition) is 0. The third-order valence-corrected chi connectivity index (χ3v) is 2.65. The fraction of sp³-hybridized carbons (Fsp3) is 0.667. The van der Waals surface area contributed by atoms with Crippen LogP contribution >= 0.6 is 11.6 Å². The van der Waals surface area contributed by atoms with Crippen LogP contribution in [0.4, 0.5) is 0 Å². The van der Waals surface area contributed by atoms with Crippen molar-refractivity contribution in [3.8, 4) is 0 Å². The molecule has 2 rings (SSSR count). The van der Waals surface area contributed by atoms with Crippen LogP contribution < -0.4 is 0 Å². The van der Waals surface area contributed by atoms with Crippen LogP contribution in [0.5, 0.6) is 0 Å². The van der Waals surface area contributed by atoms with Crippen molar-refractivity contribution in [2.75, 3.05) is 6.61 Å². The first-order valence-corrected chi connectivity index (χ1v) is 5.01. The summed E-state index contributed by atoms with van der Waals surface area (Å²) in [7, 11) is 0. The maximum absolute atomic E-state index is 5.90. The fourth-order valence-corrected chi connectivity index (χ4v) is 1.99. The zero-order valence-electron chi connectivity index (χ0n) is 7.40. The molecule has 0 aliphatic carbocycles. The summed E-state index contributed by atoms with van der Waals surface area (Å²) in [5.74, 6) is 0.608. The number of halogens is 1. The predicted molar refractivity (Wildman–Crippen MR) is 50.5 cm³/mol. The van der Waals surface area contributed by atoms with E-state index >= 15 is 0 Å². The molecule has 1 aromatic rings. The van der Waals surface area contributed by atoms with E-state index in [4.69, 9.17) is 16.3 Å². The molecule has 1 aliphatic heterocycles. The Kier molecular flexibility index (Phi) is 2.86. The number of ether oxygens (including phenoxy) is 1. The lowest BCUT2D eigenvalue weighted by Crippen LogP contribution is -2.24. The van der Waals surface area contributed by atoms with Gasteiger partial charge in [0, 0.05) is 25.5 Å². The van der Waals surface area contributed by atoms with Crippen molar-refractivity contribution in [2.45, 2.75) is 24.9 Å². The van der Waals surface area contributed by atoms with Crippen LogP contribution in [0, 0.1) is 5.92 Å². The van der Waals surface area contributed by atoms with Gasteiger partial charge in [0.15, 0.2) is 0 Å². The smallest absolute Gasteiger partial charge is 0.131 e. The molecule has 0 amide bonds. The highest BCUT2D eigenvalue weighted by atomic mass is 35.5. The van der Waals surface area contributed by atoms with Crippen molar-refractivity contribution in [3.63, 3.8) is 0 Å². The summed E-state index contributed by atoms with van der Waals surface area (Å²) in [6.45, 7) is 1.74. The molecule has 0 bridgehead atoms. The fourth-order valence-electron chi connectivity index (χ4n) is 1.65. The quantitative estimate of drug-likeness (QED) is 0.682. The van der Waals surface area contributed by atoms with E-state index < -0.39 is 0 Å². The standard InChI is InChI=1S/C9H13ClN2O/c10-9-6-8(2-5-13-9)7-12-4-1-3-11-12/h1,3-4,8-9H,2,5-7H2. The highest BCUT2D eigenvalue weighted by Gasteiger charge is 2.20. The third kappa shape index (κ3) is 2.45. The Morgan fingerprint density at radius 2 is 2.54 bits per heavy atom. The van der Waals surface area contributed by atoms with Gasteiger partial charge in [-0.15, -0.1) is 0 Å². The van der Waals surface area contributed by atoms with Gasteiger partial charge in [-0.1, -0.05) is 11.6 Å². The van der Waals surface area contributed by atoms with Gasteiger partial charge < -0.3 is 4.74 Å². The summed E-state index contributed by atoms with van der Waals surface area (Å²) < 4.78 is 7.22. The molecule has 1 aromatic heterocycles. The van der Waals surface area contributed by atoms with E-state index in [9.17, 15) is 0 Å². The van der Waals surface area contributed by atoms with Crippen LogP contribution in [-0.2, 0) is 11.3 Å².